The molecular formula is C11H22. The molecule has 66 valence electrons. The lowest BCUT2D eigenvalue weighted by molar-refractivity contribution is 0.451. The van der Waals surface area contributed by atoms with Gasteiger partial charge in [-0.25, -0.2) is 0 Å². The fourth-order valence-corrected chi connectivity index (χ4v) is 2.97. The normalized spacial score (nSPS) is 34.4. The second kappa shape index (κ2) is 2.80. The highest BCUT2D eigenvalue weighted by atomic mass is 14.6. The fraction of sp³-hybridized carbons (Fsp3) is 1.00. The quantitative estimate of drug-likeness (QED) is 0.581. The summed E-state index contributed by atoms with van der Waals surface area (Å²) in [6, 6.07) is 0. The van der Waals surface area contributed by atoms with Gasteiger partial charge in [-0.1, -0.05) is 41.0 Å². The standard InChI is InChI=1S/C11H22/c1-6-7-9-10(8(2)3)11(9,4)5/h8-10H,6-7H2,1-5H3. The molecule has 1 fully saturated rings. The Bertz CT molecular complexity index is 133. The van der Waals surface area contributed by atoms with Gasteiger partial charge in [-0.15, -0.1) is 0 Å². The Morgan fingerprint density at radius 1 is 1.27 bits per heavy atom. The molecule has 0 amide bonds. The van der Waals surface area contributed by atoms with Gasteiger partial charge in [0, 0.05) is 0 Å². The fourth-order valence-electron chi connectivity index (χ4n) is 2.97. The van der Waals surface area contributed by atoms with Crippen LogP contribution in [0, 0.1) is 23.2 Å². The SMILES string of the molecule is CCCC1C(C(C)C)C1(C)C. The molecule has 0 aromatic carbocycles. The molecule has 0 heteroatoms. The second-order valence-corrected chi connectivity index (χ2v) is 4.99. The molecule has 1 aliphatic carbocycles. The van der Waals surface area contributed by atoms with Gasteiger partial charge in [-0.3, -0.25) is 0 Å². The molecule has 0 radical (unpaired) electrons. The van der Waals surface area contributed by atoms with Gasteiger partial charge in [0.05, 0.1) is 0 Å². The van der Waals surface area contributed by atoms with Crippen molar-refractivity contribution < 1.29 is 0 Å². The van der Waals surface area contributed by atoms with Crippen LogP contribution in [0.25, 0.3) is 0 Å². The van der Waals surface area contributed by atoms with E-state index in [0.29, 0.717) is 5.41 Å². The van der Waals surface area contributed by atoms with E-state index in [1.165, 1.54) is 12.8 Å². The summed E-state index contributed by atoms with van der Waals surface area (Å²) in [7, 11) is 0. The zero-order valence-electron chi connectivity index (χ0n) is 8.65. The van der Waals surface area contributed by atoms with Crippen LogP contribution in [-0.2, 0) is 0 Å². The summed E-state index contributed by atoms with van der Waals surface area (Å²) in [5.74, 6) is 2.91. The van der Waals surface area contributed by atoms with Gasteiger partial charge < -0.3 is 0 Å². The molecule has 0 nitrogen and oxygen atoms in total. The lowest BCUT2D eigenvalue weighted by Gasteiger charge is -2.04. The van der Waals surface area contributed by atoms with Crippen molar-refractivity contribution in [2.45, 2.75) is 47.5 Å². The zero-order chi connectivity index (χ0) is 8.65. The predicted octanol–water partition coefficient (Wildman–Crippen LogP) is 3.71. The van der Waals surface area contributed by atoms with E-state index in [4.69, 9.17) is 0 Å². The van der Waals surface area contributed by atoms with E-state index in [1.54, 1.807) is 0 Å². The van der Waals surface area contributed by atoms with Crippen LogP contribution in [0.15, 0.2) is 0 Å². The summed E-state index contributed by atoms with van der Waals surface area (Å²) in [6.07, 6.45) is 2.80. The van der Waals surface area contributed by atoms with Crippen LogP contribution in [-0.4, -0.2) is 0 Å². The Kier molecular flexibility index (Phi) is 2.32. The first-order valence-corrected chi connectivity index (χ1v) is 5.01. The van der Waals surface area contributed by atoms with Gasteiger partial charge in [0.2, 0.25) is 0 Å². The van der Waals surface area contributed by atoms with E-state index in [0.717, 1.165) is 17.8 Å². The van der Waals surface area contributed by atoms with Crippen molar-refractivity contribution in [1.29, 1.82) is 0 Å². The molecule has 0 heterocycles. The third-order valence-corrected chi connectivity index (χ3v) is 3.46. The minimum absolute atomic E-state index is 0.657. The van der Waals surface area contributed by atoms with Crippen LogP contribution < -0.4 is 0 Å². The second-order valence-electron chi connectivity index (χ2n) is 4.99. The monoisotopic (exact) mass is 154 g/mol. The summed E-state index contributed by atoms with van der Waals surface area (Å²) in [5.41, 5.74) is 0.657. The summed E-state index contributed by atoms with van der Waals surface area (Å²) >= 11 is 0. The van der Waals surface area contributed by atoms with Crippen molar-refractivity contribution in [2.75, 3.05) is 0 Å². The van der Waals surface area contributed by atoms with E-state index >= 15 is 0 Å². The Morgan fingerprint density at radius 3 is 2.09 bits per heavy atom. The molecule has 0 bridgehead atoms. The summed E-state index contributed by atoms with van der Waals surface area (Å²) in [5, 5.41) is 0. The third-order valence-electron chi connectivity index (χ3n) is 3.46. The van der Waals surface area contributed by atoms with Gasteiger partial charge in [-0.2, -0.15) is 0 Å². The van der Waals surface area contributed by atoms with Gasteiger partial charge in [0.15, 0.2) is 0 Å². The molecule has 0 saturated heterocycles. The van der Waals surface area contributed by atoms with Crippen molar-refractivity contribution in [1.82, 2.24) is 0 Å². The summed E-state index contributed by atoms with van der Waals surface area (Å²) in [4.78, 5) is 0. The molecule has 0 aromatic rings. The van der Waals surface area contributed by atoms with Crippen molar-refractivity contribution in [3.8, 4) is 0 Å². The van der Waals surface area contributed by atoms with E-state index in [2.05, 4.69) is 34.6 Å². The summed E-state index contributed by atoms with van der Waals surface area (Å²) < 4.78 is 0. The van der Waals surface area contributed by atoms with E-state index in [-0.39, 0.29) is 0 Å². The van der Waals surface area contributed by atoms with Crippen molar-refractivity contribution in [3.63, 3.8) is 0 Å². The largest absolute Gasteiger partial charge is 0.0654 e. The highest BCUT2D eigenvalue weighted by Gasteiger charge is 2.57. The molecule has 1 aliphatic rings. The van der Waals surface area contributed by atoms with Gasteiger partial charge in [0.25, 0.3) is 0 Å². The number of hydrogen-bond donors (Lipinski definition) is 0. The molecule has 0 aliphatic heterocycles. The van der Waals surface area contributed by atoms with Crippen molar-refractivity contribution in [3.05, 3.63) is 0 Å². The van der Waals surface area contributed by atoms with Crippen LogP contribution >= 0.6 is 0 Å². The van der Waals surface area contributed by atoms with Crippen LogP contribution in [0.4, 0.5) is 0 Å². The van der Waals surface area contributed by atoms with E-state index < -0.39 is 0 Å². The van der Waals surface area contributed by atoms with Gasteiger partial charge >= 0.3 is 0 Å². The lowest BCUT2D eigenvalue weighted by Crippen LogP contribution is -1.96. The first-order chi connectivity index (χ1) is 5.01. The number of hydrogen-bond acceptors (Lipinski definition) is 0. The Balaban J connectivity index is 2.47. The molecular weight excluding hydrogens is 132 g/mol. The maximum absolute atomic E-state index is 2.43. The highest BCUT2D eigenvalue weighted by molar-refractivity contribution is 5.05. The van der Waals surface area contributed by atoms with Crippen LogP contribution in [0.3, 0.4) is 0 Å². The number of rotatable bonds is 3. The highest BCUT2D eigenvalue weighted by Crippen LogP contribution is 2.63. The van der Waals surface area contributed by atoms with Crippen molar-refractivity contribution >= 4 is 0 Å². The van der Waals surface area contributed by atoms with Crippen LogP contribution in [0.5, 0.6) is 0 Å². The Hall–Kier alpha value is 0. The van der Waals surface area contributed by atoms with Crippen molar-refractivity contribution in [2.24, 2.45) is 23.2 Å². The summed E-state index contributed by atoms with van der Waals surface area (Å²) in [6.45, 7) is 11.9. The third kappa shape index (κ3) is 1.45. The topological polar surface area (TPSA) is 0 Å². The average molecular weight is 154 g/mol. The van der Waals surface area contributed by atoms with Gasteiger partial charge in [0.1, 0.15) is 0 Å². The first-order valence-electron chi connectivity index (χ1n) is 5.01. The molecule has 1 rings (SSSR count). The molecule has 11 heavy (non-hydrogen) atoms. The van der Waals surface area contributed by atoms with Crippen LogP contribution in [0.1, 0.15) is 47.5 Å². The maximum atomic E-state index is 2.43. The zero-order valence-corrected chi connectivity index (χ0v) is 8.65. The molecule has 2 atom stereocenters. The first kappa shape index (κ1) is 9.09. The molecule has 1 saturated carbocycles. The lowest BCUT2D eigenvalue weighted by atomic mass is 10.0. The minimum atomic E-state index is 0.657. The molecule has 0 aromatic heterocycles. The molecule has 2 unspecified atom stereocenters. The van der Waals surface area contributed by atoms with Crippen LogP contribution in [0.2, 0.25) is 0 Å². The average Bonchev–Trinajstić information content (AvgIpc) is 2.35. The molecule has 0 N–H and O–H groups in total. The smallest absolute Gasteiger partial charge is 0.0289 e. The Labute approximate surface area is 71.4 Å². The molecule has 0 spiro atoms. The maximum Gasteiger partial charge on any atom is -0.0289 e. The predicted molar refractivity (Wildman–Crippen MR) is 50.5 cm³/mol. The Morgan fingerprint density at radius 2 is 1.82 bits per heavy atom. The minimum Gasteiger partial charge on any atom is -0.0654 e. The van der Waals surface area contributed by atoms with Gasteiger partial charge in [-0.05, 0) is 29.6 Å². The van der Waals surface area contributed by atoms with E-state index in [1.807, 2.05) is 0 Å². The van der Waals surface area contributed by atoms with E-state index in [9.17, 15) is 0 Å².